The second-order valence-electron chi connectivity index (χ2n) is 4.95. The fourth-order valence-electron chi connectivity index (χ4n) is 2.02. The minimum atomic E-state index is -1.73. The molecule has 0 fully saturated rings. The number of benzene rings is 2. The van der Waals surface area contributed by atoms with E-state index in [-0.39, 0.29) is 18.7 Å². The zero-order chi connectivity index (χ0) is 18.4. The van der Waals surface area contributed by atoms with Crippen molar-refractivity contribution >= 4 is 17.5 Å². The van der Waals surface area contributed by atoms with Crippen LogP contribution in [-0.4, -0.2) is 11.8 Å². The number of halogens is 3. The maximum Gasteiger partial charge on any atom is 0.258 e. The van der Waals surface area contributed by atoms with E-state index in [1.807, 2.05) is 0 Å². The molecule has 2 aromatic rings. The van der Waals surface area contributed by atoms with Gasteiger partial charge in [-0.15, -0.1) is 0 Å². The number of hydrogen-bond donors (Lipinski definition) is 2. The summed E-state index contributed by atoms with van der Waals surface area (Å²) < 4.78 is 39.9. The van der Waals surface area contributed by atoms with Crippen molar-refractivity contribution in [2.45, 2.75) is 13.0 Å². The predicted molar refractivity (Wildman–Crippen MR) is 82.8 cm³/mol. The molecule has 0 atom stereocenters. The maximum atomic E-state index is 13.7. The largest absolute Gasteiger partial charge is 0.351 e. The lowest BCUT2D eigenvalue weighted by atomic mass is 10.1. The van der Waals surface area contributed by atoms with Gasteiger partial charge in [0, 0.05) is 12.2 Å². The van der Waals surface area contributed by atoms with E-state index in [0.717, 1.165) is 6.07 Å². The molecular formula is C17H12F3N3O2. The zero-order valence-corrected chi connectivity index (χ0v) is 12.8. The van der Waals surface area contributed by atoms with Crippen LogP contribution in [0, 0.1) is 28.8 Å². The van der Waals surface area contributed by atoms with Crippen molar-refractivity contribution < 1.29 is 22.8 Å². The molecule has 0 radical (unpaired) electrons. The fourth-order valence-corrected chi connectivity index (χ4v) is 2.02. The molecule has 2 N–H and O–H groups in total. The highest BCUT2D eigenvalue weighted by atomic mass is 19.2. The van der Waals surface area contributed by atoms with Crippen LogP contribution in [0.2, 0.25) is 0 Å². The normalized spacial score (nSPS) is 10.0. The number of hydrogen-bond acceptors (Lipinski definition) is 3. The van der Waals surface area contributed by atoms with Crippen molar-refractivity contribution in [1.82, 2.24) is 5.32 Å². The molecule has 25 heavy (non-hydrogen) atoms. The molecule has 0 aromatic heterocycles. The van der Waals surface area contributed by atoms with Gasteiger partial charge in [0.15, 0.2) is 17.5 Å². The van der Waals surface area contributed by atoms with Crippen LogP contribution in [0.25, 0.3) is 0 Å². The lowest BCUT2D eigenvalue weighted by Gasteiger charge is -2.12. The molecule has 0 bridgehead atoms. The first-order valence-corrected chi connectivity index (χ1v) is 7.10. The van der Waals surface area contributed by atoms with Crippen molar-refractivity contribution in [2.24, 2.45) is 0 Å². The number of nitriles is 1. The van der Waals surface area contributed by atoms with Crippen LogP contribution in [0.1, 0.15) is 22.3 Å². The lowest BCUT2D eigenvalue weighted by Crippen LogP contribution is -2.23. The Hall–Kier alpha value is -3.34. The summed E-state index contributed by atoms with van der Waals surface area (Å²) >= 11 is 0. The van der Waals surface area contributed by atoms with Gasteiger partial charge in [-0.1, -0.05) is 18.2 Å². The molecule has 2 aromatic carbocycles. The van der Waals surface area contributed by atoms with E-state index in [2.05, 4.69) is 10.6 Å². The smallest absolute Gasteiger partial charge is 0.258 e. The van der Waals surface area contributed by atoms with Crippen molar-refractivity contribution in [3.63, 3.8) is 0 Å². The molecule has 2 amide bonds. The van der Waals surface area contributed by atoms with Crippen molar-refractivity contribution in [2.75, 3.05) is 5.32 Å². The zero-order valence-electron chi connectivity index (χ0n) is 12.8. The van der Waals surface area contributed by atoms with Gasteiger partial charge in [0.1, 0.15) is 6.42 Å². The van der Waals surface area contributed by atoms with E-state index in [1.54, 1.807) is 24.3 Å². The third-order valence-corrected chi connectivity index (χ3v) is 3.26. The summed E-state index contributed by atoms with van der Waals surface area (Å²) in [5.41, 5.74) is 0.0984. The third-order valence-electron chi connectivity index (χ3n) is 3.26. The van der Waals surface area contributed by atoms with Gasteiger partial charge in [-0.3, -0.25) is 9.59 Å². The molecule has 0 saturated carbocycles. The highest BCUT2D eigenvalue weighted by Gasteiger charge is 2.19. The number of nitrogens with zero attached hydrogens (tertiary/aromatic N) is 1. The monoisotopic (exact) mass is 347 g/mol. The van der Waals surface area contributed by atoms with Gasteiger partial charge in [0.05, 0.1) is 11.6 Å². The van der Waals surface area contributed by atoms with E-state index in [4.69, 9.17) is 5.26 Å². The minimum absolute atomic E-state index is 0.0250. The average Bonchev–Trinajstić information content (AvgIpc) is 2.59. The maximum absolute atomic E-state index is 13.7. The molecular weight excluding hydrogens is 335 g/mol. The number of para-hydroxylation sites is 1. The van der Waals surface area contributed by atoms with Gasteiger partial charge < -0.3 is 10.6 Å². The van der Waals surface area contributed by atoms with E-state index < -0.39 is 34.8 Å². The van der Waals surface area contributed by atoms with E-state index >= 15 is 0 Å². The Bertz CT molecular complexity index is 863. The summed E-state index contributed by atoms with van der Waals surface area (Å²) in [6.07, 6.45) is -0.311. The number of rotatable bonds is 5. The van der Waals surface area contributed by atoms with Crippen LogP contribution < -0.4 is 10.6 Å². The molecule has 0 aliphatic heterocycles. The van der Waals surface area contributed by atoms with Crippen LogP contribution in [-0.2, 0) is 11.3 Å². The molecule has 128 valence electrons. The molecule has 0 saturated heterocycles. The number of carbonyl (C=O) groups is 2. The molecule has 5 nitrogen and oxygen atoms in total. The van der Waals surface area contributed by atoms with Gasteiger partial charge in [-0.25, -0.2) is 13.2 Å². The molecule has 0 aliphatic rings. The van der Waals surface area contributed by atoms with Crippen LogP contribution >= 0.6 is 0 Å². The Kier molecular flexibility index (Phi) is 5.74. The van der Waals surface area contributed by atoms with E-state index in [9.17, 15) is 22.8 Å². The SMILES string of the molecule is N#CCC(=O)NCc1ccccc1NC(=O)c1ccc(F)c(F)c1F. The summed E-state index contributed by atoms with van der Waals surface area (Å²) in [5, 5.41) is 13.3. The summed E-state index contributed by atoms with van der Waals surface area (Å²) in [5.74, 6) is -6.17. The second-order valence-corrected chi connectivity index (χ2v) is 4.95. The van der Waals surface area contributed by atoms with Crippen molar-refractivity contribution in [1.29, 1.82) is 5.26 Å². The van der Waals surface area contributed by atoms with Gasteiger partial charge in [0.2, 0.25) is 5.91 Å². The number of nitrogens with one attached hydrogen (secondary N) is 2. The molecule has 8 heteroatoms. The van der Waals surface area contributed by atoms with E-state index in [0.29, 0.717) is 11.6 Å². The van der Waals surface area contributed by atoms with Crippen LogP contribution in [0.15, 0.2) is 36.4 Å². The van der Waals surface area contributed by atoms with Gasteiger partial charge in [0.25, 0.3) is 5.91 Å². The number of anilines is 1. The highest BCUT2D eigenvalue weighted by molar-refractivity contribution is 6.04. The average molecular weight is 347 g/mol. The summed E-state index contributed by atoms with van der Waals surface area (Å²) in [6.45, 7) is 0.0250. The van der Waals surface area contributed by atoms with Gasteiger partial charge in [-0.2, -0.15) is 5.26 Å². The quantitative estimate of drug-likeness (QED) is 0.816. The van der Waals surface area contributed by atoms with E-state index in [1.165, 1.54) is 6.07 Å². The first-order valence-electron chi connectivity index (χ1n) is 7.10. The Balaban J connectivity index is 2.18. The molecule has 0 unspecified atom stereocenters. The van der Waals surface area contributed by atoms with Crippen molar-refractivity contribution in [3.05, 3.63) is 65.0 Å². The Morgan fingerprint density at radius 2 is 1.76 bits per heavy atom. The highest BCUT2D eigenvalue weighted by Crippen LogP contribution is 2.19. The standard InChI is InChI=1S/C17H12F3N3O2/c18-12-6-5-11(15(19)16(12)20)17(25)23-13-4-2-1-3-10(13)9-22-14(24)7-8-21/h1-6H,7,9H2,(H,22,24)(H,23,25). The van der Waals surface area contributed by atoms with Gasteiger partial charge in [-0.05, 0) is 23.8 Å². The third kappa shape index (κ3) is 4.35. The van der Waals surface area contributed by atoms with Crippen LogP contribution in [0.3, 0.4) is 0 Å². The summed E-state index contributed by atoms with van der Waals surface area (Å²) in [7, 11) is 0. The molecule has 0 spiro atoms. The lowest BCUT2D eigenvalue weighted by molar-refractivity contribution is -0.120. The van der Waals surface area contributed by atoms with Gasteiger partial charge >= 0.3 is 0 Å². The molecule has 2 rings (SSSR count). The Labute approximate surface area is 141 Å². The Morgan fingerprint density at radius 3 is 2.48 bits per heavy atom. The first-order chi connectivity index (χ1) is 11.9. The number of carbonyl (C=O) groups excluding carboxylic acids is 2. The molecule has 0 heterocycles. The predicted octanol–water partition coefficient (Wildman–Crippen LogP) is 2.89. The Morgan fingerprint density at radius 1 is 1.04 bits per heavy atom. The van der Waals surface area contributed by atoms with Crippen molar-refractivity contribution in [3.8, 4) is 6.07 Å². The van der Waals surface area contributed by atoms with Crippen LogP contribution in [0.5, 0.6) is 0 Å². The molecule has 0 aliphatic carbocycles. The van der Waals surface area contributed by atoms with Crippen LogP contribution in [0.4, 0.5) is 18.9 Å². The summed E-state index contributed by atoms with van der Waals surface area (Å²) in [6, 6.07) is 9.54. The summed E-state index contributed by atoms with van der Waals surface area (Å²) in [4.78, 5) is 23.5. The topological polar surface area (TPSA) is 82.0 Å². The number of amides is 2. The minimum Gasteiger partial charge on any atom is -0.351 e. The first kappa shape index (κ1) is 18.0. The fraction of sp³-hybridized carbons (Fsp3) is 0.118. The second kappa shape index (κ2) is 7.97.